The van der Waals surface area contributed by atoms with E-state index in [-0.39, 0.29) is 22.9 Å². The van der Waals surface area contributed by atoms with Gasteiger partial charge in [-0.05, 0) is 47.9 Å². The Labute approximate surface area is 215 Å². The van der Waals surface area contributed by atoms with Crippen LogP contribution in [0.15, 0.2) is 48.5 Å². The Kier molecular flexibility index (Phi) is 7.68. The second-order valence-corrected chi connectivity index (χ2v) is 9.07. The molecular weight excluding hydrogens is 510 g/mol. The van der Waals surface area contributed by atoms with Crippen molar-refractivity contribution in [2.75, 3.05) is 38.1 Å². The molecule has 2 aromatic carbocycles. The summed E-state index contributed by atoms with van der Waals surface area (Å²) in [6.07, 6.45) is -10.4. The highest BCUT2D eigenvalue weighted by atomic mass is 19.4. The lowest BCUT2D eigenvalue weighted by Crippen LogP contribution is -2.44. The van der Waals surface area contributed by atoms with Gasteiger partial charge in [0.2, 0.25) is 0 Å². The molecule has 1 aliphatic rings. The summed E-state index contributed by atoms with van der Waals surface area (Å²) < 4.78 is 81.1. The van der Waals surface area contributed by atoms with Crippen molar-refractivity contribution in [2.24, 2.45) is 0 Å². The van der Waals surface area contributed by atoms with E-state index in [1.165, 1.54) is 7.05 Å². The number of amides is 1. The minimum atomic E-state index is -4.98. The van der Waals surface area contributed by atoms with Crippen LogP contribution in [0.3, 0.4) is 0 Å². The number of hydrogen-bond donors (Lipinski definition) is 2. The Morgan fingerprint density at radius 2 is 1.55 bits per heavy atom. The number of carbonyl (C=O) groups excluding carboxylic acids is 1. The van der Waals surface area contributed by atoms with Gasteiger partial charge in [-0.3, -0.25) is 4.79 Å². The quantitative estimate of drug-likeness (QED) is 0.426. The normalized spacial score (nSPS) is 14.5. The van der Waals surface area contributed by atoms with Gasteiger partial charge in [0.15, 0.2) is 0 Å². The van der Waals surface area contributed by atoms with Gasteiger partial charge >= 0.3 is 12.4 Å². The van der Waals surface area contributed by atoms with Crippen LogP contribution in [0.1, 0.15) is 38.3 Å². The van der Waals surface area contributed by atoms with E-state index >= 15 is 0 Å². The van der Waals surface area contributed by atoms with E-state index < -0.39 is 35.8 Å². The van der Waals surface area contributed by atoms with Crippen LogP contribution in [0, 0.1) is 6.92 Å². The number of piperazine rings is 1. The molecule has 1 amide bonds. The Hall–Kier alpha value is -3.60. The summed E-state index contributed by atoms with van der Waals surface area (Å²) in [6, 6.07) is 10.5. The zero-order valence-electron chi connectivity index (χ0n) is 20.7. The largest absolute Gasteiger partial charge is 0.416 e. The summed E-state index contributed by atoms with van der Waals surface area (Å²) in [5.74, 6) is -0.0453. The first kappa shape index (κ1) is 27.4. The Morgan fingerprint density at radius 3 is 2.11 bits per heavy atom. The average molecular weight is 537 g/mol. The number of hydrogen-bond acceptors (Lipinski definition) is 4. The van der Waals surface area contributed by atoms with Crippen LogP contribution in [0.4, 0.5) is 32.2 Å². The second-order valence-electron chi connectivity index (χ2n) is 9.07. The highest BCUT2D eigenvalue weighted by molar-refractivity contribution is 6.02. The van der Waals surface area contributed by atoms with Gasteiger partial charge in [-0.2, -0.15) is 26.3 Å². The molecule has 2 N–H and O–H groups in total. The van der Waals surface area contributed by atoms with E-state index in [1.54, 1.807) is 12.1 Å². The van der Waals surface area contributed by atoms with E-state index in [2.05, 4.69) is 15.6 Å². The molecule has 3 aromatic rings. The Balaban J connectivity index is 1.96. The fourth-order valence-electron chi connectivity index (χ4n) is 4.55. The second kappa shape index (κ2) is 10.6. The van der Waals surface area contributed by atoms with E-state index in [4.69, 9.17) is 0 Å². The zero-order valence-corrected chi connectivity index (χ0v) is 20.7. The summed E-state index contributed by atoms with van der Waals surface area (Å²) in [6.45, 7) is 4.41. The number of carbonyl (C=O) groups is 1. The summed E-state index contributed by atoms with van der Waals surface area (Å²) in [7, 11) is 1.41. The number of aromatic nitrogens is 1. The molecule has 0 radical (unpaired) electrons. The first-order valence-electron chi connectivity index (χ1n) is 11.9. The molecule has 38 heavy (non-hydrogen) atoms. The zero-order chi connectivity index (χ0) is 27.7. The first-order valence-corrected chi connectivity index (χ1v) is 11.9. The average Bonchev–Trinajstić information content (AvgIpc) is 2.87. The van der Waals surface area contributed by atoms with E-state index in [0.717, 1.165) is 5.56 Å². The lowest BCUT2D eigenvalue weighted by Gasteiger charge is -2.30. The van der Waals surface area contributed by atoms with Crippen molar-refractivity contribution in [1.29, 1.82) is 0 Å². The molecule has 0 bridgehead atoms. The Bertz CT molecular complexity index is 1300. The minimum Gasteiger partial charge on any atom is -0.355 e. The number of nitrogens with one attached hydrogen (secondary N) is 2. The van der Waals surface area contributed by atoms with Gasteiger partial charge in [-0.25, -0.2) is 4.98 Å². The number of anilines is 1. The van der Waals surface area contributed by atoms with Gasteiger partial charge in [0, 0.05) is 45.2 Å². The van der Waals surface area contributed by atoms with Crippen LogP contribution in [0.5, 0.6) is 0 Å². The van der Waals surface area contributed by atoms with Gasteiger partial charge in [0.25, 0.3) is 5.91 Å². The summed E-state index contributed by atoms with van der Waals surface area (Å²) >= 11 is 0. The van der Waals surface area contributed by atoms with Crippen molar-refractivity contribution in [3.05, 3.63) is 82.0 Å². The SMILES string of the molecule is CNC(=O)c1c(-c2ccccc2C)cc(N2CCNCC2)nc1Cc1cc(C(F)(F)F)cc(C(F)(F)F)c1. The molecule has 0 aliphatic carbocycles. The van der Waals surface area contributed by atoms with Crippen molar-refractivity contribution in [1.82, 2.24) is 15.6 Å². The fraction of sp³-hybridized carbons (Fsp3) is 0.333. The summed E-state index contributed by atoms with van der Waals surface area (Å²) in [4.78, 5) is 19.7. The number of benzene rings is 2. The van der Waals surface area contributed by atoms with Gasteiger partial charge in [0.1, 0.15) is 5.82 Å². The van der Waals surface area contributed by atoms with Gasteiger partial charge in [0.05, 0.1) is 22.4 Å². The maximum atomic E-state index is 13.5. The molecule has 0 atom stereocenters. The van der Waals surface area contributed by atoms with Crippen LogP contribution in [-0.2, 0) is 18.8 Å². The molecule has 1 aromatic heterocycles. The van der Waals surface area contributed by atoms with E-state index in [9.17, 15) is 31.1 Å². The number of nitrogens with zero attached hydrogens (tertiary/aromatic N) is 2. The van der Waals surface area contributed by atoms with Crippen molar-refractivity contribution >= 4 is 11.7 Å². The predicted molar refractivity (Wildman–Crippen MR) is 132 cm³/mol. The monoisotopic (exact) mass is 536 g/mol. The maximum Gasteiger partial charge on any atom is 0.416 e. The fourth-order valence-corrected chi connectivity index (χ4v) is 4.55. The first-order chi connectivity index (χ1) is 17.9. The van der Waals surface area contributed by atoms with E-state index in [1.807, 2.05) is 30.0 Å². The molecule has 2 heterocycles. The molecule has 1 fully saturated rings. The van der Waals surface area contributed by atoms with Crippen molar-refractivity contribution in [3.63, 3.8) is 0 Å². The smallest absolute Gasteiger partial charge is 0.355 e. The maximum absolute atomic E-state index is 13.5. The molecule has 202 valence electrons. The predicted octanol–water partition coefficient (Wildman–Crippen LogP) is 5.45. The van der Waals surface area contributed by atoms with Gasteiger partial charge < -0.3 is 15.5 Å². The van der Waals surface area contributed by atoms with Crippen molar-refractivity contribution in [2.45, 2.75) is 25.7 Å². The van der Waals surface area contributed by atoms with Crippen LogP contribution in [0.2, 0.25) is 0 Å². The lowest BCUT2D eigenvalue weighted by atomic mass is 9.92. The third-order valence-corrected chi connectivity index (χ3v) is 6.43. The highest BCUT2D eigenvalue weighted by Crippen LogP contribution is 2.38. The molecule has 0 saturated carbocycles. The molecule has 0 unspecified atom stereocenters. The lowest BCUT2D eigenvalue weighted by molar-refractivity contribution is -0.143. The van der Waals surface area contributed by atoms with Gasteiger partial charge in [-0.15, -0.1) is 0 Å². The summed E-state index contributed by atoms with van der Waals surface area (Å²) in [5.41, 5.74) is -0.826. The van der Waals surface area contributed by atoms with Crippen LogP contribution >= 0.6 is 0 Å². The third-order valence-electron chi connectivity index (χ3n) is 6.43. The molecule has 4 rings (SSSR count). The van der Waals surface area contributed by atoms with E-state index in [0.29, 0.717) is 55.3 Å². The van der Waals surface area contributed by atoms with Crippen LogP contribution < -0.4 is 15.5 Å². The van der Waals surface area contributed by atoms with Crippen LogP contribution in [0.25, 0.3) is 11.1 Å². The summed E-state index contributed by atoms with van der Waals surface area (Å²) in [5, 5.41) is 5.77. The van der Waals surface area contributed by atoms with Gasteiger partial charge in [-0.1, -0.05) is 24.3 Å². The van der Waals surface area contributed by atoms with Crippen molar-refractivity contribution < 1.29 is 31.1 Å². The standard InChI is InChI=1S/C27H26F6N4O/c1-16-5-3-4-6-20(16)21-15-23(37-9-7-35-8-10-37)36-22(24(21)25(38)34-2)13-17-11-18(26(28,29)30)14-19(12-17)27(31,32)33/h3-6,11-12,14-15,35H,7-10,13H2,1-2H3,(H,34,38). The number of rotatable bonds is 5. The van der Waals surface area contributed by atoms with Crippen LogP contribution in [-0.4, -0.2) is 44.1 Å². The molecule has 0 spiro atoms. The Morgan fingerprint density at radius 1 is 0.947 bits per heavy atom. The molecule has 1 saturated heterocycles. The highest BCUT2D eigenvalue weighted by Gasteiger charge is 2.37. The number of alkyl halides is 6. The minimum absolute atomic E-state index is 0.0890. The molecule has 1 aliphatic heterocycles. The number of pyridine rings is 1. The third kappa shape index (κ3) is 5.93. The molecular formula is C27H26F6N4O. The topological polar surface area (TPSA) is 57.3 Å². The molecule has 11 heteroatoms. The van der Waals surface area contributed by atoms with Crippen molar-refractivity contribution in [3.8, 4) is 11.1 Å². The number of aryl methyl sites for hydroxylation is 1. The number of halogens is 6. The molecule has 5 nitrogen and oxygen atoms in total.